The molecule has 1 N–H and O–H groups in total. The fourth-order valence-corrected chi connectivity index (χ4v) is 1.41. The van der Waals surface area contributed by atoms with E-state index in [9.17, 15) is 4.79 Å². The summed E-state index contributed by atoms with van der Waals surface area (Å²) >= 11 is 0. The Balaban J connectivity index is 2.84. The summed E-state index contributed by atoms with van der Waals surface area (Å²) in [6.07, 6.45) is 2.18. The van der Waals surface area contributed by atoms with Crippen LogP contribution in [0.1, 0.15) is 24.0 Å². The summed E-state index contributed by atoms with van der Waals surface area (Å²) in [5.74, 6) is 0.161. The van der Waals surface area contributed by atoms with E-state index < -0.39 is 5.97 Å². The molecule has 0 aliphatic heterocycles. The van der Waals surface area contributed by atoms with Crippen LogP contribution >= 0.6 is 0 Å². The third-order valence-corrected chi connectivity index (χ3v) is 2.30. The molecule has 1 heterocycles. The quantitative estimate of drug-likeness (QED) is 0.727. The Kier molecular flexibility index (Phi) is 5.35. The molecule has 0 radical (unpaired) electrons. The van der Waals surface area contributed by atoms with Crippen LogP contribution in [-0.2, 0) is 4.74 Å². The van der Waals surface area contributed by atoms with E-state index in [-0.39, 0.29) is 12.4 Å². The van der Waals surface area contributed by atoms with Crippen molar-refractivity contribution in [2.75, 3.05) is 31.7 Å². The normalized spacial score (nSPS) is 10.1. The van der Waals surface area contributed by atoms with Gasteiger partial charge >= 0.3 is 5.97 Å². The molecule has 0 aliphatic carbocycles. The molecule has 0 bridgehead atoms. The number of carbonyl (C=O) groups excluding carboxylic acids is 1. The highest BCUT2D eigenvalue weighted by molar-refractivity contribution is 5.85. The first-order chi connectivity index (χ1) is 8.22. The molecule has 6 nitrogen and oxygen atoms in total. The molecule has 0 unspecified atom stereocenters. The lowest BCUT2D eigenvalue weighted by atomic mass is 10.3. The third-order valence-electron chi connectivity index (χ3n) is 2.30. The zero-order chi connectivity index (χ0) is 12.7. The standard InChI is InChI=1S/C11H17N3O3/c1-3-14(7-4-8-15)9-5-6-12-10(13-9)11(16)17-2/h5-6,15H,3-4,7-8H2,1-2H3. The van der Waals surface area contributed by atoms with Gasteiger partial charge in [0.25, 0.3) is 0 Å². The third kappa shape index (κ3) is 3.67. The zero-order valence-electron chi connectivity index (χ0n) is 10.1. The Morgan fingerprint density at radius 1 is 1.59 bits per heavy atom. The van der Waals surface area contributed by atoms with Crippen molar-refractivity contribution < 1.29 is 14.6 Å². The fraction of sp³-hybridized carbons (Fsp3) is 0.545. The van der Waals surface area contributed by atoms with Crippen molar-refractivity contribution in [2.45, 2.75) is 13.3 Å². The molecule has 0 atom stereocenters. The summed E-state index contributed by atoms with van der Waals surface area (Å²) in [6, 6.07) is 1.73. The number of aliphatic hydroxyl groups excluding tert-OH is 1. The molecule has 0 fully saturated rings. The molecule has 1 aromatic heterocycles. The van der Waals surface area contributed by atoms with Gasteiger partial charge in [0.05, 0.1) is 7.11 Å². The van der Waals surface area contributed by atoms with Gasteiger partial charge in [0.15, 0.2) is 0 Å². The predicted octanol–water partition coefficient (Wildman–Crippen LogP) is 0.472. The average molecular weight is 239 g/mol. The Labute approximate surface area is 100 Å². The second kappa shape index (κ2) is 6.80. The highest BCUT2D eigenvalue weighted by Crippen LogP contribution is 2.10. The van der Waals surface area contributed by atoms with E-state index in [2.05, 4.69) is 14.7 Å². The molecule has 6 heteroatoms. The Bertz CT molecular complexity index is 371. The van der Waals surface area contributed by atoms with Crippen molar-refractivity contribution in [1.29, 1.82) is 0 Å². The van der Waals surface area contributed by atoms with Gasteiger partial charge in [0.1, 0.15) is 5.82 Å². The highest BCUT2D eigenvalue weighted by atomic mass is 16.5. The Morgan fingerprint density at radius 3 is 2.94 bits per heavy atom. The van der Waals surface area contributed by atoms with Crippen LogP contribution in [0.4, 0.5) is 5.82 Å². The zero-order valence-corrected chi connectivity index (χ0v) is 10.1. The molecule has 1 aromatic rings. The molecule has 94 valence electrons. The second-order valence-electron chi connectivity index (χ2n) is 3.39. The van der Waals surface area contributed by atoms with Gasteiger partial charge in [0.2, 0.25) is 5.82 Å². The van der Waals surface area contributed by atoms with Gasteiger partial charge in [-0.15, -0.1) is 0 Å². The van der Waals surface area contributed by atoms with Gasteiger partial charge < -0.3 is 14.7 Å². The topological polar surface area (TPSA) is 75.5 Å². The maximum absolute atomic E-state index is 11.3. The first-order valence-electron chi connectivity index (χ1n) is 5.50. The number of carbonyl (C=O) groups is 1. The number of rotatable bonds is 6. The Morgan fingerprint density at radius 2 is 2.35 bits per heavy atom. The summed E-state index contributed by atoms with van der Waals surface area (Å²) in [5, 5.41) is 8.80. The van der Waals surface area contributed by atoms with Gasteiger partial charge in [-0.3, -0.25) is 0 Å². The summed E-state index contributed by atoms with van der Waals surface area (Å²) < 4.78 is 4.56. The lowest BCUT2D eigenvalue weighted by Gasteiger charge is -2.21. The first kappa shape index (κ1) is 13.4. The van der Waals surface area contributed by atoms with Crippen molar-refractivity contribution in [3.05, 3.63) is 18.1 Å². The van der Waals surface area contributed by atoms with Crippen LogP contribution in [0, 0.1) is 0 Å². The predicted molar refractivity (Wildman–Crippen MR) is 63.0 cm³/mol. The Hall–Kier alpha value is -1.69. The van der Waals surface area contributed by atoms with Gasteiger partial charge in [-0.2, -0.15) is 0 Å². The van der Waals surface area contributed by atoms with Crippen LogP contribution in [0.25, 0.3) is 0 Å². The average Bonchev–Trinajstić information content (AvgIpc) is 2.39. The maximum atomic E-state index is 11.3. The summed E-state index contributed by atoms with van der Waals surface area (Å²) in [4.78, 5) is 21.2. The molecule has 0 amide bonds. The van der Waals surface area contributed by atoms with Crippen molar-refractivity contribution >= 4 is 11.8 Å². The van der Waals surface area contributed by atoms with E-state index in [1.165, 1.54) is 13.3 Å². The number of ether oxygens (including phenoxy) is 1. The molecule has 0 aliphatic rings. The van der Waals surface area contributed by atoms with E-state index >= 15 is 0 Å². The molecule has 1 rings (SSSR count). The van der Waals surface area contributed by atoms with Crippen LogP contribution in [0.5, 0.6) is 0 Å². The van der Waals surface area contributed by atoms with Crippen LogP contribution in [0.2, 0.25) is 0 Å². The minimum atomic E-state index is -0.551. The van der Waals surface area contributed by atoms with Crippen molar-refractivity contribution in [1.82, 2.24) is 9.97 Å². The summed E-state index contributed by atoms with van der Waals surface area (Å²) in [6.45, 7) is 3.55. The molecular formula is C11H17N3O3. The number of hydrogen-bond acceptors (Lipinski definition) is 6. The maximum Gasteiger partial charge on any atom is 0.376 e. The SMILES string of the molecule is CCN(CCCO)c1ccnc(C(=O)OC)n1. The van der Waals surface area contributed by atoms with Crippen LogP contribution < -0.4 is 4.90 Å². The van der Waals surface area contributed by atoms with E-state index in [0.29, 0.717) is 18.8 Å². The van der Waals surface area contributed by atoms with Gasteiger partial charge in [-0.1, -0.05) is 0 Å². The summed E-state index contributed by atoms with van der Waals surface area (Å²) in [5.41, 5.74) is 0. The minimum Gasteiger partial charge on any atom is -0.463 e. The van der Waals surface area contributed by atoms with E-state index in [1.807, 2.05) is 11.8 Å². The fourth-order valence-electron chi connectivity index (χ4n) is 1.41. The smallest absolute Gasteiger partial charge is 0.376 e. The number of aliphatic hydroxyl groups is 1. The molecule has 0 saturated heterocycles. The van der Waals surface area contributed by atoms with Crippen molar-refractivity contribution in [3.8, 4) is 0 Å². The number of aromatic nitrogens is 2. The van der Waals surface area contributed by atoms with Crippen molar-refractivity contribution in [2.24, 2.45) is 0 Å². The molecule has 17 heavy (non-hydrogen) atoms. The van der Waals surface area contributed by atoms with Crippen molar-refractivity contribution in [3.63, 3.8) is 0 Å². The van der Waals surface area contributed by atoms with Crippen LogP contribution in [-0.4, -0.2) is 47.8 Å². The second-order valence-corrected chi connectivity index (χ2v) is 3.39. The molecule has 0 spiro atoms. The number of hydrogen-bond donors (Lipinski definition) is 1. The largest absolute Gasteiger partial charge is 0.463 e. The van der Waals surface area contributed by atoms with E-state index in [4.69, 9.17) is 5.11 Å². The molecule has 0 aromatic carbocycles. The lowest BCUT2D eigenvalue weighted by molar-refractivity contribution is 0.0586. The molecule has 0 saturated carbocycles. The number of anilines is 1. The van der Waals surface area contributed by atoms with Gasteiger partial charge in [-0.25, -0.2) is 14.8 Å². The van der Waals surface area contributed by atoms with E-state index in [0.717, 1.165) is 6.54 Å². The molecular weight excluding hydrogens is 222 g/mol. The van der Waals surface area contributed by atoms with E-state index in [1.54, 1.807) is 6.07 Å². The summed E-state index contributed by atoms with van der Waals surface area (Å²) in [7, 11) is 1.29. The lowest BCUT2D eigenvalue weighted by Crippen LogP contribution is -2.26. The minimum absolute atomic E-state index is 0.0486. The van der Waals surface area contributed by atoms with Gasteiger partial charge in [-0.05, 0) is 19.4 Å². The first-order valence-corrected chi connectivity index (χ1v) is 5.50. The number of nitrogens with zero attached hydrogens (tertiary/aromatic N) is 3. The monoisotopic (exact) mass is 239 g/mol. The highest BCUT2D eigenvalue weighted by Gasteiger charge is 2.12. The van der Waals surface area contributed by atoms with Crippen LogP contribution in [0.15, 0.2) is 12.3 Å². The van der Waals surface area contributed by atoms with Crippen LogP contribution in [0.3, 0.4) is 0 Å². The number of esters is 1. The van der Waals surface area contributed by atoms with Gasteiger partial charge in [0, 0.05) is 25.9 Å². The number of methoxy groups -OCH3 is 1.